The molecule has 0 saturated heterocycles. The Morgan fingerprint density at radius 3 is 2.40 bits per heavy atom. The largest absolute Gasteiger partial charge is 0.465 e. The molecule has 25 heavy (non-hydrogen) atoms. The zero-order valence-corrected chi connectivity index (χ0v) is 14.2. The minimum Gasteiger partial charge on any atom is -0.465 e. The number of carbonyl (C=O) groups is 2. The number of esters is 1. The molecule has 2 N–H and O–H groups in total. The number of methoxy groups -OCH3 is 1. The predicted molar refractivity (Wildman–Crippen MR) is 98.0 cm³/mol. The fourth-order valence-corrected chi connectivity index (χ4v) is 2.85. The van der Waals surface area contributed by atoms with E-state index in [1.54, 1.807) is 24.3 Å². The molecular formula is C18H15N3O3S. The Kier molecular flexibility index (Phi) is 5.06. The van der Waals surface area contributed by atoms with E-state index >= 15 is 0 Å². The van der Waals surface area contributed by atoms with Crippen LogP contribution in [0.25, 0.3) is 11.3 Å². The highest BCUT2D eigenvalue weighted by molar-refractivity contribution is 7.14. The summed E-state index contributed by atoms with van der Waals surface area (Å²) in [5.41, 5.74) is 2.78. The van der Waals surface area contributed by atoms with Gasteiger partial charge in [-0.3, -0.25) is 5.32 Å². The monoisotopic (exact) mass is 353 g/mol. The molecule has 7 heteroatoms. The van der Waals surface area contributed by atoms with E-state index in [2.05, 4.69) is 20.4 Å². The molecule has 3 rings (SSSR count). The van der Waals surface area contributed by atoms with Crippen molar-refractivity contribution in [3.05, 3.63) is 65.5 Å². The van der Waals surface area contributed by atoms with Crippen molar-refractivity contribution in [2.45, 2.75) is 0 Å². The van der Waals surface area contributed by atoms with Crippen molar-refractivity contribution in [2.75, 3.05) is 17.7 Å². The molecule has 0 bridgehead atoms. The Morgan fingerprint density at radius 2 is 1.72 bits per heavy atom. The molecule has 0 aliphatic heterocycles. The number of anilines is 2. The van der Waals surface area contributed by atoms with E-state index < -0.39 is 12.0 Å². The van der Waals surface area contributed by atoms with Crippen molar-refractivity contribution in [2.24, 2.45) is 0 Å². The predicted octanol–water partition coefficient (Wildman–Crippen LogP) is 4.24. The molecule has 3 aromatic rings. The number of thiazole rings is 1. The first-order chi connectivity index (χ1) is 12.2. The van der Waals surface area contributed by atoms with Crippen LogP contribution in [0, 0.1) is 0 Å². The quantitative estimate of drug-likeness (QED) is 0.688. The fourth-order valence-electron chi connectivity index (χ4n) is 2.14. The lowest BCUT2D eigenvalue weighted by Gasteiger charge is -2.06. The van der Waals surface area contributed by atoms with Crippen LogP contribution in [0.4, 0.5) is 15.6 Å². The summed E-state index contributed by atoms with van der Waals surface area (Å²) in [6, 6.07) is 15.7. The molecule has 0 atom stereocenters. The lowest BCUT2D eigenvalue weighted by Crippen LogP contribution is -2.19. The SMILES string of the molecule is COC(=O)c1ccc(NC(=O)Nc2nc(-c3ccccc3)cs2)cc1. The summed E-state index contributed by atoms with van der Waals surface area (Å²) >= 11 is 1.35. The summed E-state index contributed by atoms with van der Waals surface area (Å²) < 4.78 is 4.63. The summed E-state index contributed by atoms with van der Waals surface area (Å²) in [5.74, 6) is -0.424. The Hall–Kier alpha value is -3.19. The van der Waals surface area contributed by atoms with Gasteiger partial charge in [0.05, 0.1) is 18.4 Å². The van der Waals surface area contributed by atoms with Gasteiger partial charge in [0.15, 0.2) is 5.13 Å². The molecule has 0 fully saturated rings. The molecule has 6 nitrogen and oxygen atoms in total. The lowest BCUT2D eigenvalue weighted by atomic mass is 10.2. The highest BCUT2D eigenvalue weighted by Crippen LogP contribution is 2.24. The maximum Gasteiger partial charge on any atom is 0.337 e. The molecule has 126 valence electrons. The van der Waals surface area contributed by atoms with Crippen molar-refractivity contribution in [3.63, 3.8) is 0 Å². The molecule has 0 spiro atoms. The second kappa shape index (κ2) is 7.59. The van der Waals surface area contributed by atoms with Crippen molar-refractivity contribution in [3.8, 4) is 11.3 Å². The topological polar surface area (TPSA) is 80.3 Å². The van der Waals surface area contributed by atoms with Crippen LogP contribution >= 0.6 is 11.3 Å². The number of amides is 2. The van der Waals surface area contributed by atoms with E-state index in [1.165, 1.54) is 18.4 Å². The minimum absolute atomic E-state index is 0.403. The maximum atomic E-state index is 12.1. The number of nitrogens with zero attached hydrogens (tertiary/aromatic N) is 1. The first kappa shape index (κ1) is 16.7. The number of hydrogen-bond acceptors (Lipinski definition) is 5. The van der Waals surface area contributed by atoms with Crippen molar-refractivity contribution in [1.29, 1.82) is 0 Å². The van der Waals surface area contributed by atoms with Gasteiger partial charge in [0.1, 0.15) is 0 Å². The summed E-state index contributed by atoms with van der Waals surface area (Å²) in [7, 11) is 1.32. The van der Waals surface area contributed by atoms with Gasteiger partial charge in [-0.05, 0) is 24.3 Å². The number of hydrogen-bond donors (Lipinski definition) is 2. The van der Waals surface area contributed by atoms with Crippen LogP contribution < -0.4 is 10.6 Å². The van der Waals surface area contributed by atoms with Gasteiger partial charge in [0.2, 0.25) is 0 Å². The van der Waals surface area contributed by atoms with E-state index in [1.807, 2.05) is 35.7 Å². The average molecular weight is 353 g/mol. The zero-order chi connectivity index (χ0) is 17.6. The summed E-state index contributed by atoms with van der Waals surface area (Å²) in [4.78, 5) is 27.8. The van der Waals surface area contributed by atoms with Gasteiger partial charge >= 0.3 is 12.0 Å². The molecule has 0 saturated carbocycles. The van der Waals surface area contributed by atoms with Crippen molar-refractivity contribution >= 4 is 34.2 Å². The van der Waals surface area contributed by atoms with Crippen molar-refractivity contribution < 1.29 is 14.3 Å². The van der Waals surface area contributed by atoms with Gasteiger partial charge in [-0.1, -0.05) is 30.3 Å². The molecule has 1 aromatic heterocycles. The van der Waals surface area contributed by atoms with Gasteiger partial charge in [-0.25, -0.2) is 14.6 Å². The second-order valence-electron chi connectivity index (χ2n) is 5.05. The van der Waals surface area contributed by atoms with Crippen LogP contribution in [0.1, 0.15) is 10.4 Å². The number of ether oxygens (including phenoxy) is 1. The van der Waals surface area contributed by atoms with E-state index in [9.17, 15) is 9.59 Å². The van der Waals surface area contributed by atoms with E-state index in [-0.39, 0.29) is 0 Å². The number of carbonyl (C=O) groups excluding carboxylic acids is 2. The number of urea groups is 1. The molecule has 1 heterocycles. The normalized spacial score (nSPS) is 10.1. The van der Waals surface area contributed by atoms with Crippen LogP contribution in [0.2, 0.25) is 0 Å². The molecule has 0 aliphatic rings. The average Bonchev–Trinajstić information content (AvgIpc) is 3.10. The summed E-state index contributed by atoms with van der Waals surface area (Å²) in [5, 5.41) is 7.77. The molecule has 0 radical (unpaired) electrons. The summed E-state index contributed by atoms with van der Waals surface area (Å²) in [6.07, 6.45) is 0. The smallest absolute Gasteiger partial charge is 0.337 e. The van der Waals surface area contributed by atoms with Gasteiger partial charge in [0, 0.05) is 16.6 Å². The van der Waals surface area contributed by atoms with E-state index in [4.69, 9.17) is 0 Å². The van der Waals surface area contributed by atoms with Gasteiger partial charge < -0.3 is 10.1 Å². The van der Waals surface area contributed by atoms with Gasteiger partial charge in [-0.2, -0.15) is 0 Å². The van der Waals surface area contributed by atoms with Crippen LogP contribution in [-0.4, -0.2) is 24.1 Å². The number of aromatic nitrogens is 1. The Labute approximate surface area is 148 Å². The molecule has 0 unspecified atom stereocenters. The highest BCUT2D eigenvalue weighted by atomic mass is 32.1. The Bertz CT molecular complexity index is 876. The van der Waals surface area contributed by atoms with Crippen LogP contribution in [-0.2, 0) is 4.74 Å². The first-order valence-electron chi connectivity index (χ1n) is 7.43. The third-order valence-electron chi connectivity index (χ3n) is 3.36. The third-order valence-corrected chi connectivity index (χ3v) is 4.12. The summed E-state index contributed by atoms with van der Waals surface area (Å²) in [6.45, 7) is 0. The number of rotatable bonds is 4. The standard InChI is InChI=1S/C18H15N3O3S/c1-24-16(22)13-7-9-14(10-8-13)19-17(23)21-18-20-15(11-25-18)12-5-3-2-4-6-12/h2-11H,1H3,(H2,19,20,21,23). The van der Waals surface area contributed by atoms with Crippen LogP contribution in [0.5, 0.6) is 0 Å². The first-order valence-corrected chi connectivity index (χ1v) is 8.31. The van der Waals surface area contributed by atoms with Gasteiger partial charge in [0.25, 0.3) is 0 Å². The van der Waals surface area contributed by atoms with Crippen LogP contribution in [0.3, 0.4) is 0 Å². The third kappa shape index (κ3) is 4.21. The van der Waals surface area contributed by atoms with E-state index in [0.717, 1.165) is 11.3 Å². The minimum atomic E-state index is -0.424. The Balaban J connectivity index is 1.61. The van der Waals surface area contributed by atoms with E-state index in [0.29, 0.717) is 16.4 Å². The number of benzene rings is 2. The second-order valence-corrected chi connectivity index (χ2v) is 5.91. The molecule has 2 aromatic carbocycles. The zero-order valence-electron chi connectivity index (χ0n) is 13.4. The maximum absolute atomic E-state index is 12.1. The molecular weight excluding hydrogens is 338 g/mol. The lowest BCUT2D eigenvalue weighted by molar-refractivity contribution is 0.0601. The number of nitrogens with one attached hydrogen (secondary N) is 2. The highest BCUT2D eigenvalue weighted by Gasteiger charge is 2.09. The molecule has 0 aliphatic carbocycles. The molecule has 2 amide bonds. The fraction of sp³-hybridized carbons (Fsp3) is 0.0556. The van der Waals surface area contributed by atoms with Crippen molar-refractivity contribution in [1.82, 2.24) is 4.98 Å². The van der Waals surface area contributed by atoms with Crippen LogP contribution in [0.15, 0.2) is 60.0 Å². The van der Waals surface area contributed by atoms with Gasteiger partial charge in [-0.15, -0.1) is 11.3 Å². The Morgan fingerprint density at radius 1 is 1.00 bits per heavy atom.